The van der Waals surface area contributed by atoms with E-state index in [4.69, 9.17) is 9.57 Å². The highest BCUT2D eigenvalue weighted by molar-refractivity contribution is 8.01. The lowest BCUT2D eigenvalue weighted by molar-refractivity contribution is -0.261. The Morgan fingerprint density at radius 3 is 2.74 bits per heavy atom. The molecule has 0 aromatic rings. The van der Waals surface area contributed by atoms with Crippen LogP contribution in [-0.2, 0) is 24.0 Å². The van der Waals surface area contributed by atoms with Crippen LogP contribution in [0.3, 0.4) is 0 Å². The third kappa shape index (κ3) is 3.20. The molecular weight excluding hydrogens is 516 g/mol. The fourth-order valence-corrected chi connectivity index (χ4v) is 9.93. The van der Waals surface area contributed by atoms with Crippen molar-refractivity contribution < 1.29 is 37.8 Å². The van der Waals surface area contributed by atoms with Crippen molar-refractivity contribution in [2.45, 2.75) is 75.5 Å². The molecule has 10 heteroatoms. The zero-order valence-electron chi connectivity index (χ0n) is 22.0. The van der Waals surface area contributed by atoms with E-state index in [1.54, 1.807) is 12.0 Å². The van der Waals surface area contributed by atoms with Gasteiger partial charge in [0.25, 0.3) is 0 Å². The molecule has 7 nitrogen and oxygen atoms in total. The summed E-state index contributed by atoms with van der Waals surface area (Å²) in [6.07, 6.45) is 1.86. The van der Waals surface area contributed by atoms with E-state index in [9.17, 15) is 19.5 Å². The number of allylic oxidation sites excluding steroid dienone is 4. The monoisotopic (exact) mass is 551 g/mol. The van der Waals surface area contributed by atoms with Crippen molar-refractivity contribution in [2.24, 2.45) is 28.6 Å². The molecule has 0 aromatic carbocycles. The van der Waals surface area contributed by atoms with Crippen molar-refractivity contribution in [2.75, 3.05) is 25.4 Å². The molecule has 2 aliphatic heterocycles. The average Bonchev–Trinajstić information content (AvgIpc) is 3.53. The fraction of sp³-hybridized carbons (Fsp3) is 0.750. The SMILES string of the molecule is CCN1C[C@@H]2C[C@H]3[C@@H]4CC(F)=C5CC(=O)C=C[C@]5(C)[C@@]4(F)[C@@H](O)C[C@]3(C)[C@]2(C(=O)CSC2CCOC2=O)O1. The maximum atomic E-state index is 17.5. The number of ether oxygens (including phenoxy) is 1. The van der Waals surface area contributed by atoms with Crippen molar-refractivity contribution in [3.8, 4) is 0 Å². The third-order valence-electron chi connectivity index (χ3n) is 10.8. The number of hydrogen-bond donors (Lipinski definition) is 1. The number of carbonyl (C=O) groups excluding carboxylic acids is 3. The number of carbonyl (C=O) groups is 3. The summed E-state index contributed by atoms with van der Waals surface area (Å²) >= 11 is 1.25. The Bertz CT molecular complexity index is 1160. The highest BCUT2D eigenvalue weighted by Crippen LogP contribution is 2.72. The molecule has 2 saturated heterocycles. The molecule has 0 bridgehead atoms. The molecule has 2 heterocycles. The van der Waals surface area contributed by atoms with Crippen LogP contribution in [-0.4, -0.2) is 75.8 Å². The second kappa shape index (κ2) is 8.69. The van der Waals surface area contributed by atoms with E-state index in [0.717, 1.165) is 0 Å². The summed E-state index contributed by atoms with van der Waals surface area (Å²) < 4.78 is 38.2. The second-order valence-corrected chi connectivity index (χ2v) is 13.5. The Balaban J connectivity index is 1.40. The molecule has 6 aliphatic rings. The van der Waals surface area contributed by atoms with Gasteiger partial charge >= 0.3 is 5.97 Å². The number of Topliss-reactive ketones (excluding diaryl/α,β-unsaturated/α-hetero) is 1. The summed E-state index contributed by atoms with van der Waals surface area (Å²) in [6.45, 7) is 6.81. The number of nitrogens with zero attached hydrogens (tertiary/aromatic N) is 1. The zero-order valence-corrected chi connectivity index (χ0v) is 22.8. The number of aliphatic hydroxyl groups is 1. The minimum atomic E-state index is -2.19. The van der Waals surface area contributed by atoms with E-state index >= 15 is 8.78 Å². The van der Waals surface area contributed by atoms with Gasteiger partial charge in [0.05, 0.1) is 18.5 Å². The third-order valence-corrected chi connectivity index (χ3v) is 12.0. The van der Waals surface area contributed by atoms with Crippen LogP contribution in [0.1, 0.15) is 52.9 Å². The molecule has 9 atom stereocenters. The Morgan fingerprint density at radius 1 is 1.29 bits per heavy atom. The molecular formula is C28H35F2NO6S. The number of rotatable bonds is 5. The van der Waals surface area contributed by atoms with E-state index in [1.165, 1.54) is 23.9 Å². The van der Waals surface area contributed by atoms with Crippen molar-refractivity contribution in [1.29, 1.82) is 0 Å². The average molecular weight is 552 g/mol. The van der Waals surface area contributed by atoms with Crippen molar-refractivity contribution >= 4 is 29.3 Å². The van der Waals surface area contributed by atoms with Gasteiger partial charge in [-0.15, -0.1) is 11.8 Å². The Hall–Kier alpha value is -1.62. The van der Waals surface area contributed by atoms with Gasteiger partial charge in [-0.05, 0) is 37.3 Å². The van der Waals surface area contributed by atoms with E-state index < -0.39 is 51.1 Å². The maximum absolute atomic E-state index is 17.5. The number of alkyl halides is 1. The van der Waals surface area contributed by atoms with Crippen LogP contribution in [0.2, 0.25) is 0 Å². The number of hydrogen-bond acceptors (Lipinski definition) is 8. The van der Waals surface area contributed by atoms with E-state index in [2.05, 4.69) is 0 Å². The van der Waals surface area contributed by atoms with Crippen molar-refractivity contribution in [3.63, 3.8) is 0 Å². The van der Waals surface area contributed by atoms with Gasteiger partial charge in [0.15, 0.2) is 22.8 Å². The fourth-order valence-electron chi connectivity index (χ4n) is 8.90. The second-order valence-electron chi connectivity index (χ2n) is 12.3. The molecule has 2 saturated carbocycles. The van der Waals surface area contributed by atoms with Gasteiger partial charge in [-0.25, -0.2) is 8.78 Å². The molecule has 4 fully saturated rings. The first-order valence-corrected chi connectivity index (χ1v) is 14.7. The first kappa shape index (κ1) is 26.6. The van der Waals surface area contributed by atoms with E-state index in [0.29, 0.717) is 32.5 Å². The molecule has 0 aromatic heterocycles. The number of fused-ring (bicyclic) bond motifs is 7. The number of aliphatic hydroxyl groups excluding tert-OH is 1. The van der Waals surface area contributed by atoms with Crippen LogP contribution < -0.4 is 0 Å². The smallest absolute Gasteiger partial charge is 0.319 e. The molecule has 38 heavy (non-hydrogen) atoms. The van der Waals surface area contributed by atoms with Gasteiger partial charge in [0.2, 0.25) is 0 Å². The summed E-state index contributed by atoms with van der Waals surface area (Å²) in [4.78, 5) is 44.8. The molecule has 1 unspecified atom stereocenters. The summed E-state index contributed by atoms with van der Waals surface area (Å²) in [5.41, 5.74) is -5.75. The zero-order chi connectivity index (χ0) is 27.3. The van der Waals surface area contributed by atoms with Gasteiger partial charge in [-0.3, -0.25) is 19.2 Å². The first-order valence-electron chi connectivity index (χ1n) is 13.6. The van der Waals surface area contributed by atoms with Gasteiger partial charge in [0.1, 0.15) is 11.1 Å². The number of thioether (sulfide) groups is 1. The predicted octanol–water partition coefficient (Wildman–Crippen LogP) is 3.50. The number of ketones is 2. The lowest BCUT2D eigenvalue weighted by atomic mass is 9.45. The number of hydroxylamine groups is 2. The minimum absolute atomic E-state index is 0.0210. The van der Waals surface area contributed by atoms with Crippen molar-refractivity contribution in [1.82, 2.24) is 5.06 Å². The molecule has 4 aliphatic carbocycles. The van der Waals surface area contributed by atoms with Gasteiger partial charge in [-0.2, -0.15) is 5.06 Å². The first-order chi connectivity index (χ1) is 17.9. The topological polar surface area (TPSA) is 93.1 Å². The summed E-state index contributed by atoms with van der Waals surface area (Å²) in [5.74, 6) is -2.76. The number of esters is 1. The predicted molar refractivity (Wildman–Crippen MR) is 135 cm³/mol. The normalized spacial score (nSPS) is 48.0. The van der Waals surface area contributed by atoms with Crippen LogP contribution in [0.5, 0.6) is 0 Å². The Labute approximate surface area is 225 Å². The molecule has 0 radical (unpaired) electrons. The Morgan fingerprint density at radius 2 is 2.05 bits per heavy atom. The molecule has 1 N–H and O–H groups in total. The van der Waals surface area contributed by atoms with Crippen LogP contribution in [0.25, 0.3) is 0 Å². The highest BCUT2D eigenvalue weighted by Gasteiger charge is 2.79. The lowest BCUT2D eigenvalue weighted by Gasteiger charge is -2.62. The highest BCUT2D eigenvalue weighted by atomic mass is 32.2. The summed E-state index contributed by atoms with van der Waals surface area (Å²) in [6, 6.07) is 0. The largest absolute Gasteiger partial charge is 0.465 e. The molecule has 0 spiro atoms. The molecule has 208 valence electrons. The van der Waals surface area contributed by atoms with E-state index in [-0.39, 0.29) is 54.0 Å². The van der Waals surface area contributed by atoms with Crippen LogP contribution in [0.4, 0.5) is 8.78 Å². The van der Waals surface area contributed by atoms with Crippen LogP contribution in [0, 0.1) is 28.6 Å². The van der Waals surface area contributed by atoms with Crippen LogP contribution >= 0.6 is 11.8 Å². The standard InChI is InChI=1S/C28H35F2NO6S/c1-4-31-13-15-9-17-18-11-20(29)19-10-16(32)5-7-25(19,2)27(18,30)22(33)12-26(17,3)28(15,37-31)23(34)14-38-21-6-8-36-24(21)35/h5,7,15,17-18,21-22,33H,4,6,8-14H2,1-3H3/t15-,17-,18-,21?,22-,25-,26-,27-,28-/m0/s1. The van der Waals surface area contributed by atoms with Gasteiger partial charge < -0.3 is 9.84 Å². The number of halogens is 2. The lowest BCUT2D eigenvalue weighted by Crippen LogP contribution is -2.69. The van der Waals surface area contributed by atoms with Crippen molar-refractivity contribution in [3.05, 3.63) is 23.6 Å². The minimum Gasteiger partial charge on any atom is -0.465 e. The van der Waals surface area contributed by atoms with E-state index in [1.807, 2.05) is 13.8 Å². The maximum Gasteiger partial charge on any atom is 0.319 e. The molecule has 0 amide bonds. The number of cyclic esters (lactones) is 1. The summed E-state index contributed by atoms with van der Waals surface area (Å²) in [7, 11) is 0. The summed E-state index contributed by atoms with van der Waals surface area (Å²) in [5, 5.41) is 13.0. The van der Waals surface area contributed by atoms with Gasteiger partial charge in [0, 0.05) is 55.0 Å². The molecule has 6 rings (SSSR count). The van der Waals surface area contributed by atoms with Gasteiger partial charge in [-0.1, -0.05) is 19.9 Å². The van der Waals surface area contributed by atoms with Crippen LogP contribution in [0.15, 0.2) is 23.6 Å². The quantitative estimate of drug-likeness (QED) is 0.519. The Kier molecular flexibility index (Phi) is 6.08.